The summed E-state index contributed by atoms with van der Waals surface area (Å²) in [5, 5.41) is 4.37. The molecule has 184 valence electrons. The Morgan fingerprint density at radius 1 is 1.00 bits per heavy atom. The first-order valence-electron chi connectivity index (χ1n) is 10.5. The van der Waals surface area contributed by atoms with Gasteiger partial charge in [-0.2, -0.15) is 5.10 Å². The van der Waals surface area contributed by atoms with Crippen LogP contribution in [0.4, 0.5) is 5.69 Å². The lowest BCUT2D eigenvalue weighted by molar-refractivity contribution is -0.119. The van der Waals surface area contributed by atoms with E-state index in [0.29, 0.717) is 27.8 Å². The highest BCUT2D eigenvalue weighted by Crippen LogP contribution is 2.27. The largest absolute Gasteiger partial charge is 0.497 e. The number of rotatable bonds is 9. The molecule has 0 radical (unpaired) electrons. The van der Waals surface area contributed by atoms with Gasteiger partial charge in [0.25, 0.3) is 15.9 Å². The summed E-state index contributed by atoms with van der Waals surface area (Å²) in [6.07, 6.45) is 1.41. The van der Waals surface area contributed by atoms with Gasteiger partial charge in [0.1, 0.15) is 18.0 Å². The fourth-order valence-corrected chi connectivity index (χ4v) is 4.73. The quantitative estimate of drug-likeness (QED) is 0.338. The molecule has 35 heavy (non-hydrogen) atoms. The lowest BCUT2D eigenvalue weighted by Gasteiger charge is -2.24. The number of nitrogens with zero attached hydrogens (tertiary/aromatic N) is 2. The van der Waals surface area contributed by atoms with Gasteiger partial charge in [-0.25, -0.2) is 13.8 Å². The smallest absolute Gasteiger partial charge is 0.264 e. The number of sulfonamides is 1. The molecule has 1 N–H and O–H groups in total. The van der Waals surface area contributed by atoms with Crippen LogP contribution in [0, 0.1) is 13.8 Å². The van der Waals surface area contributed by atoms with Gasteiger partial charge >= 0.3 is 0 Å². The number of nitrogens with one attached hydrogen (secondary N) is 1. The molecule has 3 rings (SSSR count). The van der Waals surface area contributed by atoms with Gasteiger partial charge in [0.05, 0.1) is 31.0 Å². The number of halogens is 1. The standard InChI is InChI=1S/C25H26ClN3O5S/c1-17-5-9-21(13-18(17)2)29(35(31,32)23-11-7-20(26)8-12-23)16-25(30)28-27-15-19-6-10-22(33-3)14-24(19)34-4/h5-15H,16H2,1-4H3,(H,28,30)/b27-15-. The van der Waals surface area contributed by atoms with Gasteiger partial charge in [-0.05, 0) is 73.5 Å². The zero-order chi connectivity index (χ0) is 25.6. The normalized spacial score (nSPS) is 11.3. The van der Waals surface area contributed by atoms with Gasteiger partial charge in [0, 0.05) is 16.7 Å². The summed E-state index contributed by atoms with van der Waals surface area (Å²) in [6, 6.07) is 16.1. The molecule has 0 spiro atoms. The van der Waals surface area contributed by atoms with E-state index in [-0.39, 0.29) is 4.90 Å². The molecular formula is C25H26ClN3O5S. The molecule has 1 amide bonds. The number of methoxy groups -OCH3 is 2. The summed E-state index contributed by atoms with van der Waals surface area (Å²) in [5.74, 6) is 0.494. The Bertz CT molecular complexity index is 1340. The molecule has 0 heterocycles. The zero-order valence-electron chi connectivity index (χ0n) is 19.8. The van der Waals surface area contributed by atoms with Gasteiger partial charge in [-0.1, -0.05) is 17.7 Å². The molecule has 8 nitrogen and oxygen atoms in total. The van der Waals surface area contributed by atoms with E-state index in [4.69, 9.17) is 21.1 Å². The number of hydrazone groups is 1. The minimum Gasteiger partial charge on any atom is -0.497 e. The second-order valence-corrected chi connectivity index (χ2v) is 9.93. The van der Waals surface area contributed by atoms with Gasteiger partial charge in [0.2, 0.25) is 0 Å². The number of ether oxygens (including phenoxy) is 2. The lowest BCUT2D eigenvalue weighted by atomic mass is 10.1. The van der Waals surface area contributed by atoms with E-state index >= 15 is 0 Å². The Morgan fingerprint density at radius 2 is 1.71 bits per heavy atom. The van der Waals surface area contributed by atoms with Crippen molar-refractivity contribution in [3.05, 3.63) is 82.4 Å². The molecule has 0 aliphatic rings. The zero-order valence-corrected chi connectivity index (χ0v) is 21.4. The molecule has 0 aliphatic heterocycles. The van der Waals surface area contributed by atoms with E-state index in [0.717, 1.165) is 15.4 Å². The highest BCUT2D eigenvalue weighted by Gasteiger charge is 2.27. The minimum absolute atomic E-state index is 0.0133. The van der Waals surface area contributed by atoms with Crippen LogP contribution in [-0.2, 0) is 14.8 Å². The van der Waals surface area contributed by atoms with E-state index in [1.165, 1.54) is 37.6 Å². The van der Waals surface area contributed by atoms with Crippen molar-refractivity contribution in [2.75, 3.05) is 25.1 Å². The number of benzene rings is 3. The van der Waals surface area contributed by atoms with Crippen LogP contribution >= 0.6 is 11.6 Å². The van der Waals surface area contributed by atoms with E-state index in [1.807, 2.05) is 13.8 Å². The van der Waals surface area contributed by atoms with Crippen LogP contribution in [0.2, 0.25) is 5.02 Å². The Balaban J connectivity index is 1.86. The Labute approximate surface area is 210 Å². The number of amides is 1. The van der Waals surface area contributed by atoms with E-state index in [1.54, 1.807) is 43.5 Å². The van der Waals surface area contributed by atoms with Gasteiger partial charge < -0.3 is 9.47 Å². The summed E-state index contributed by atoms with van der Waals surface area (Å²) in [5.41, 5.74) is 5.24. The second kappa shape index (κ2) is 11.2. The Kier molecular flexibility index (Phi) is 8.37. The SMILES string of the molecule is COc1ccc(/C=N\NC(=O)CN(c2ccc(C)c(C)c2)S(=O)(=O)c2ccc(Cl)cc2)c(OC)c1. The third-order valence-electron chi connectivity index (χ3n) is 5.30. The molecule has 3 aromatic carbocycles. The number of hydrogen-bond acceptors (Lipinski definition) is 6. The van der Waals surface area contributed by atoms with Crippen LogP contribution in [0.25, 0.3) is 0 Å². The summed E-state index contributed by atoms with van der Waals surface area (Å²) in [6.45, 7) is 3.31. The van der Waals surface area contributed by atoms with Crippen molar-refractivity contribution in [1.29, 1.82) is 0 Å². The molecule has 3 aromatic rings. The van der Waals surface area contributed by atoms with Gasteiger partial charge in [-0.3, -0.25) is 9.10 Å². The first kappa shape index (κ1) is 26.1. The van der Waals surface area contributed by atoms with Crippen molar-refractivity contribution >= 4 is 39.4 Å². The van der Waals surface area contributed by atoms with Crippen LogP contribution < -0.4 is 19.2 Å². The maximum Gasteiger partial charge on any atom is 0.264 e. The number of hydrogen-bond donors (Lipinski definition) is 1. The van der Waals surface area contributed by atoms with E-state index < -0.39 is 22.5 Å². The van der Waals surface area contributed by atoms with Gasteiger partial charge in [0.15, 0.2) is 0 Å². The third-order valence-corrected chi connectivity index (χ3v) is 7.34. The molecule has 0 bridgehead atoms. The predicted molar refractivity (Wildman–Crippen MR) is 137 cm³/mol. The molecule has 0 atom stereocenters. The minimum atomic E-state index is -4.06. The number of carbonyl (C=O) groups is 1. The van der Waals surface area contributed by atoms with Crippen LogP contribution in [-0.4, -0.2) is 41.3 Å². The third kappa shape index (κ3) is 6.32. The molecule has 0 aliphatic carbocycles. The number of carbonyl (C=O) groups excluding carboxylic acids is 1. The van der Waals surface area contributed by atoms with E-state index in [2.05, 4.69) is 10.5 Å². The molecule has 10 heteroatoms. The topological polar surface area (TPSA) is 97.3 Å². The average Bonchev–Trinajstić information content (AvgIpc) is 2.84. The first-order valence-corrected chi connectivity index (χ1v) is 12.4. The molecule has 0 saturated heterocycles. The second-order valence-electron chi connectivity index (χ2n) is 7.64. The highest BCUT2D eigenvalue weighted by atomic mass is 35.5. The van der Waals surface area contributed by atoms with Crippen molar-refractivity contribution in [2.45, 2.75) is 18.7 Å². The maximum absolute atomic E-state index is 13.5. The lowest BCUT2D eigenvalue weighted by Crippen LogP contribution is -2.39. The van der Waals surface area contributed by atoms with Crippen molar-refractivity contribution in [1.82, 2.24) is 5.43 Å². The summed E-state index contributed by atoms with van der Waals surface area (Å²) in [4.78, 5) is 12.8. The molecule has 0 aromatic heterocycles. The summed E-state index contributed by atoms with van der Waals surface area (Å²) < 4.78 is 38.4. The monoisotopic (exact) mass is 515 g/mol. The van der Waals surface area contributed by atoms with Crippen molar-refractivity contribution in [3.8, 4) is 11.5 Å². The van der Waals surface area contributed by atoms with E-state index in [9.17, 15) is 13.2 Å². The van der Waals surface area contributed by atoms with Crippen molar-refractivity contribution in [2.24, 2.45) is 5.10 Å². The first-order chi connectivity index (χ1) is 16.6. The summed E-state index contributed by atoms with van der Waals surface area (Å²) >= 11 is 5.92. The van der Waals surface area contributed by atoms with Crippen molar-refractivity contribution < 1.29 is 22.7 Å². The van der Waals surface area contributed by atoms with Crippen molar-refractivity contribution in [3.63, 3.8) is 0 Å². The Morgan fingerprint density at radius 3 is 2.34 bits per heavy atom. The molecule has 0 saturated carbocycles. The Hall–Kier alpha value is -3.56. The highest BCUT2D eigenvalue weighted by molar-refractivity contribution is 7.92. The maximum atomic E-state index is 13.5. The molecule has 0 unspecified atom stereocenters. The fourth-order valence-electron chi connectivity index (χ4n) is 3.19. The van der Waals surface area contributed by atoms with Crippen LogP contribution in [0.15, 0.2) is 70.7 Å². The van der Waals surface area contributed by atoms with Crippen LogP contribution in [0.1, 0.15) is 16.7 Å². The van der Waals surface area contributed by atoms with Crippen LogP contribution in [0.3, 0.4) is 0 Å². The molecule has 0 fully saturated rings. The number of anilines is 1. The van der Waals surface area contributed by atoms with Crippen LogP contribution in [0.5, 0.6) is 11.5 Å². The molecular weight excluding hydrogens is 490 g/mol. The van der Waals surface area contributed by atoms with Gasteiger partial charge in [-0.15, -0.1) is 0 Å². The number of aryl methyl sites for hydroxylation is 2. The average molecular weight is 516 g/mol. The fraction of sp³-hybridized carbons (Fsp3) is 0.200. The predicted octanol–water partition coefficient (Wildman–Crippen LogP) is 4.32. The summed E-state index contributed by atoms with van der Waals surface area (Å²) in [7, 11) is -1.01.